The maximum absolute atomic E-state index is 12.8. The molecule has 7 heteroatoms. The Bertz CT molecular complexity index is 779. The highest BCUT2D eigenvalue weighted by atomic mass is 35.5. The van der Waals surface area contributed by atoms with Crippen molar-refractivity contribution < 1.29 is 24.2 Å². The molecule has 0 radical (unpaired) electrons. The molecule has 0 heterocycles. The number of β-amino-alcohol motifs (C(OH)–C–C–N with tert-alkyl or cyclic N) is 1. The molecule has 186 valence electrons. The number of hydrogen-bond donors (Lipinski definition) is 2. The number of nitrogens with one attached hydrogen (secondary N) is 1. The van der Waals surface area contributed by atoms with Crippen molar-refractivity contribution in [3.8, 4) is 11.5 Å². The summed E-state index contributed by atoms with van der Waals surface area (Å²) >= 11 is 0. The zero-order chi connectivity index (χ0) is 23.1. The molecule has 1 unspecified atom stereocenters. The van der Waals surface area contributed by atoms with Gasteiger partial charge in [-0.3, -0.25) is 9.59 Å². The van der Waals surface area contributed by atoms with Gasteiger partial charge in [-0.05, 0) is 64.2 Å². The first kappa shape index (κ1) is 27.6. The number of rotatable bonds is 7. The molecule has 2 fully saturated rings. The molecular weight excluding hydrogens is 442 g/mol. The van der Waals surface area contributed by atoms with Crippen LogP contribution in [0.15, 0.2) is 18.2 Å². The van der Waals surface area contributed by atoms with E-state index in [-0.39, 0.29) is 53.2 Å². The van der Waals surface area contributed by atoms with Gasteiger partial charge in [0.25, 0.3) is 0 Å². The summed E-state index contributed by atoms with van der Waals surface area (Å²) < 4.78 is 11.5. The standard InChI is InChI=1S/C26H39NO5.ClH/c1-26(2,3)27-17-21(28)20-14-15-22(31-24(29)18-10-6-4-7-11-18)23(16-20)32-25(30)19-12-8-5-9-13-19;/h14-16,18-19,21,27-28H,4-13,17H2,1-3H3;1H. The first-order valence-electron chi connectivity index (χ1n) is 12.2. The number of aliphatic hydroxyl groups is 1. The Morgan fingerprint density at radius 1 is 0.909 bits per heavy atom. The van der Waals surface area contributed by atoms with Crippen LogP contribution >= 0.6 is 12.4 Å². The summed E-state index contributed by atoms with van der Waals surface area (Å²) in [5.41, 5.74) is 0.484. The van der Waals surface area contributed by atoms with E-state index in [4.69, 9.17) is 9.47 Å². The lowest BCUT2D eigenvalue weighted by Gasteiger charge is -2.24. The van der Waals surface area contributed by atoms with E-state index in [9.17, 15) is 14.7 Å². The van der Waals surface area contributed by atoms with Crippen molar-refractivity contribution in [3.63, 3.8) is 0 Å². The number of aliphatic hydroxyl groups excluding tert-OH is 1. The van der Waals surface area contributed by atoms with Crippen LogP contribution in [0.5, 0.6) is 11.5 Å². The Kier molecular flexibility index (Phi) is 10.6. The molecular formula is C26H40ClNO5. The average molecular weight is 482 g/mol. The number of carbonyl (C=O) groups excluding carboxylic acids is 2. The van der Waals surface area contributed by atoms with Crippen LogP contribution in [0.4, 0.5) is 0 Å². The molecule has 0 aromatic heterocycles. The monoisotopic (exact) mass is 481 g/mol. The van der Waals surface area contributed by atoms with Crippen molar-refractivity contribution in [3.05, 3.63) is 23.8 Å². The molecule has 0 spiro atoms. The summed E-state index contributed by atoms with van der Waals surface area (Å²) in [7, 11) is 0. The van der Waals surface area contributed by atoms with Crippen molar-refractivity contribution in [2.45, 2.75) is 96.6 Å². The van der Waals surface area contributed by atoms with Crippen LogP contribution in [0.25, 0.3) is 0 Å². The minimum atomic E-state index is -0.774. The predicted octanol–water partition coefficient (Wildman–Crippen LogP) is 5.50. The zero-order valence-corrected chi connectivity index (χ0v) is 21.0. The number of benzene rings is 1. The lowest BCUT2D eigenvalue weighted by molar-refractivity contribution is -0.142. The molecule has 2 aliphatic carbocycles. The van der Waals surface area contributed by atoms with Crippen molar-refractivity contribution in [2.75, 3.05) is 6.54 Å². The first-order valence-corrected chi connectivity index (χ1v) is 12.2. The molecule has 1 aromatic carbocycles. The Balaban J connectivity index is 0.00000385. The Hall–Kier alpha value is -1.63. The fraction of sp³-hybridized carbons (Fsp3) is 0.692. The highest BCUT2D eigenvalue weighted by molar-refractivity contribution is 5.85. The van der Waals surface area contributed by atoms with Gasteiger partial charge in [0.2, 0.25) is 0 Å². The summed E-state index contributed by atoms with van der Waals surface area (Å²) in [4.78, 5) is 25.5. The van der Waals surface area contributed by atoms with Crippen molar-refractivity contribution in [1.82, 2.24) is 5.32 Å². The number of carbonyl (C=O) groups is 2. The van der Waals surface area contributed by atoms with Gasteiger partial charge in [-0.1, -0.05) is 44.6 Å². The van der Waals surface area contributed by atoms with Gasteiger partial charge in [0, 0.05) is 12.1 Å². The molecule has 1 atom stereocenters. The van der Waals surface area contributed by atoms with Gasteiger partial charge in [0.15, 0.2) is 11.5 Å². The Labute approximate surface area is 204 Å². The second-order valence-corrected chi connectivity index (χ2v) is 10.4. The van der Waals surface area contributed by atoms with Crippen LogP contribution in [0.3, 0.4) is 0 Å². The molecule has 0 amide bonds. The van der Waals surface area contributed by atoms with Crippen molar-refractivity contribution >= 4 is 24.3 Å². The number of ether oxygens (including phenoxy) is 2. The summed E-state index contributed by atoms with van der Waals surface area (Å²) in [6.45, 7) is 6.46. The molecule has 6 nitrogen and oxygen atoms in total. The molecule has 33 heavy (non-hydrogen) atoms. The SMILES string of the molecule is CC(C)(C)NCC(O)c1ccc(OC(=O)C2CCCCC2)c(OC(=O)C2CCCCC2)c1.Cl. The molecule has 3 rings (SSSR count). The van der Waals surface area contributed by atoms with Crippen LogP contribution in [-0.4, -0.2) is 29.1 Å². The third-order valence-electron chi connectivity index (χ3n) is 6.48. The topological polar surface area (TPSA) is 84.9 Å². The quantitative estimate of drug-likeness (QED) is 0.395. The summed E-state index contributed by atoms with van der Waals surface area (Å²) in [6.07, 6.45) is 8.99. The summed E-state index contributed by atoms with van der Waals surface area (Å²) in [5.74, 6) is -0.295. The molecule has 2 saturated carbocycles. The van der Waals surface area contributed by atoms with Crippen molar-refractivity contribution in [1.29, 1.82) is 0 Å². The van der Waals surface area contributed by atoms with Crippen LogP contribution < -0.4 is 14.8 Å². The van der Waals surface area contributed by atoms with E-state index in [1.165, 1.54) is 0 Å². The van der Waals surface area contributed by atoms with E-state index < -0.39 is 6.10 Å². The van der Waals surface area contributed by atoms with Crippen molar-refractivity contribution in [2.24, 2.45) is 11.8 Å². The molecule has 0 bridgehead atoms. The molecule has 2 N–H and O–H groups in total. The average Bonchev–Trinajstić information content (AvgIpc) is 2.79. The van der Waals surface area contributed by atoms with Gasteiger partial charge in [-0.2, -0.15) is 0 Å². The van der Waals surface area contributed by atoms with Gasteiger partial charge >= 0.3 is 11.9 Å². The molecule has 0 aliphatic heterocycles. The van der Waals surface area contributed by atoms with Crippen LogP contribution in [0.1, 0.15) is 96.6 Å². The van der Waals surface area contributed by atoms with E-state index in [0.29, 0.717) is 12.1 Å². The normalized spacial score (nSPS) is 18.8. The van der Waals surface area contributed by atoms with E-state index in [2.05, 4.69) is 5.32 Å². The number of esters is 2. The van der Waals surface area contributed by atoms with E-state index >= 15 is 0 Å². The van der Waals surface area contributed by atoms with E-state index in [1.54, 1.807) is 18.2 Å². The third-order valence-corrected chi connectivity index (χ3v) is 6.48. The maximum Gasteiger partial charge on any atom is 0.314 e. The predicted molar refractivity (Wildman–Crippen MR) is 131 cm³/mol. The smallest absolute Gasteiger partial charge is 0.314 e. The van der Waals surface area contributed by atoms with E-state index in [1.807, 2.05) is 20.8 Å². The molecule has 1 aromatic rings. The van der Waals surface area contributed by atoms with Crippen LogP contribution in [0.2, 0.25) is 0 Å². The molecule has 2 aliphatic rings. The molecule has 0 saturated heterocycles. The fourth-order valence-electron chi connectivity index (χ4n) is 4.48. The lowest BCUT2D eigenvalue weighted by atomic mass is 9.89. The van der Waals surface area contributed by atoms with Gasteiger partial charge in [0.05, 0.1) is 17.9 Å². The Morgan fingerprint density at radius 2 is 1.39 bits per heavy atom. The van der Waals surface area contributed by atoms with Gasteiger partial charge in [-0.25, -0.2) is 0 Å². The van der Waals surface area contributed by atoms with Gasteiger partial charge in [0.1, 0.15) is 0 Å². The minimum Gasteiger partial charge on any atom is -0.422 e. The zero-order valence-electron chi connectivity index (χ0n) is 20.2. The van der Waals surface area contributed by atoms with Gasteiger partial charge in [-0.15, -0.1) is 12.4 Å². The second-order valence-electron chi connectivity index (χ2n) is 10.4. The number of hydrogen-bond acceptors (Lipinski definition) is 6. The van der Waals surface area contributed by atoms with Crippen LogP contribution in [0, 0.1) is 11.8 Å². The minimum absolute atomic E-state index is 0. The lowest BCUT2D eigenvalue weighted by Crippen LogP contribution is -2.38. The largest absolute Gasteiger partial charge is 0.422 e. The summed E-state index contributed by atoms with van der Waals surface area (Å²) in [5, 5.41) is 13.9. The summed E-state index contributed by atoms with van der Waals surface area (Å²) in [6, 6.07) is 5.01. The number of halogens is 1. The first-order chi connectivity index (χ1) is 15.2. The van der Waals surface area contributed by atoms with Crippen LogP contribution in [-0.2, 0) is 9.59 Å². The second kappa shape index (κ2) is 12.7. The third kappa shape index (κ3) is 8.58. The fourth-order valence-corrected chi connectivity index (χ4v) is 4.48. The van der Waals surface area contributed by atoms with Gasteiger partial charge < -0.3 is 19.9 Å². The highest BCUT2D eigenvalue weighted by Gasteiger charge is 2.27. The maximum atomic E-state index is 12.8. The highest BCUT2D eigenvalue weighted by Crippen LogP contribution is 2.35. The Morgan fingerprint density at radius 3 is 1.88 bits per heavy atom. The van der Waals surface area contributed by atoms with E-state index in [0.717, 1.165) is 64.2 Å².